The van der Waals surface area contributed by atoms with Gasteiger partial charge in [-0.15, -0.1) is 0 Å². The molecule has 116 valence electrons. The fourth-order valence-electron chi connectivity index (χ4n) is 2.06. The zero-order valence-electron chi connectivity index (χ0n) is 14.2. The molecule has 0 radical (unpaired) electrons. The third-order valence-corrected chi connectivity index (χ3v) is 3.33. The number of aryl methyl sites for hydroxylation is 2. The number of hydrogen-bond donors (Lipinski definition) is 0. The van der Waals surface area contributed by atoms with Gasteiger partial charge in [0.2, 0.25) is 0 Å². The Morgan fingerprint density at radius 2 is 1.41 bits per heavy atom. The molecule has 0 N–H and O–H groups in total. The Morgan fingerprint density at radius 3 is 2.00 bits per heavy atom. The minimum absolute atomic E-state index is 1.08. The maximum atomic E-state index is 4.26. The molecule has 0 fully saturated rings. The molecule has 0 amide bonds. The molecule has 0 atom stereocenters. The van der Waals surface area contributed by atoms with Gasteiger partial charge < -0.3 is 0 Å². The molecule has 1 aromatic heterocycles. The van der Waals surface area contributed by atoms with E-state index in [-0.39, 0.29) is 0 Å². The van der Waals surface area contributed by atoms with E-state index in [1.54, 1.807) is 0 Å². The Morgan fingerprint density at radius 1 is 0.727 bits per heavy atom. The maximum Gasteiger partial charge on any atom is 0.0702 e. The molecule has 0 saturated heterocycles. The topological polar surface area (TPSA) is 12.9 Å². The Labute approximate surface area is 135 Å². The van der Waals surface area contributed by atoms with Crippen LogP contribution in [0.3, 0.4) is 0 Å². The third-order valence-electron chi connectivity index (χ3n) is 3.33. The summed E-state index contributed by atoms with van der Waals surface area (Å²) in [5.41, 5.74) is 3.86. The zero-order chi connectivity index (χ0) is 16.2. The number of rotatable bonds is 2. The average molecular weight is 293 g/mol. The van der Waals surface area contributed by atoms with E-state index in [2.05, 4.69) is 67.4 Å². The van der Waals surface area contributed by atoms with Gasteiger partial charge in [0.05, 0.1) is 5.52 Å². The van der Waals surface area contributed by atoms with Crippen molar-refractivity contribution in [3.8, 4) is 0 Å². The fourth-order valence-corrected chi connectivity index (χ4v) is 2.06. The highest BCUT2D eigenvalue weighted by Gasteiger charge is 1.93. The molecule has 2 aromatic carbocycles. The van der Waals surface area contributed by atoms with Crippen molar-refractivity contribution >= 4 is 10.9 Å². The lowest BCUT2D eigenvalue weighted by Gasteiger charge is -1.98. The standard InChI is InChI=1S/C11H11N.C8H10.C2H6/c1-2-9-5-6-11-10(8-9)4-3-7-12-11;1-2-8-6-4-3-5-7-8;1-2/h3-8H,2H2,1H3;3-7H,2H2,1H3;1-2H3. The van der Waals surface area contributed by atoms with Gasteiger partial charge in [-0.25, -0.2) is 0 Å². The summed E-state index contributed by atoms with van der Waals surface area (Å²) in [6.45, 7) is 8.33. The number of hydrogen-bond acceptors (Lipinski definition) is 1. The lowest BCUT2D eigenvalue weighted by Crippen LogP contribution is -1.81. The zero-order valence-corrected chi connectivity index (χ0v) is 14.2. The van der Waals surface area contributed by atoms with E-state index >= 15 is 0 Å². The van der Waals surface area contributed by atoms with Crippen molar-refractivity contribution in [2.24, 2.45) is 0 Å². The van der Waals surface area contributed by atoms with Crippen LogP contribution in [0.4, 0.5) is 0 Å². The second-order valence-electron chi connectivity index (χ2n) is 4.72. The minimum atomic E-state index is 1.08. The van der Waals surface area contributed by atoms with Gasteiger partial charge in [0.15, 0.2) is 0 Å². The van der Waals surface area contributed by atoms with Gasteiger partial charge >= 0.3 is 0 Å². The van der Waals surface area contributed by atoms with E-state index in [4.69, 9.17) is 0 Å². The van der Waals surface area contributed by atoms with Crippen molar-refractivity contribution in [2.75, 3.05) is 0 Å². The van der Waals surface area contributed by atoms with Crippen molar-refractivity contribution in [3.05, 3.63) is 78.0 Å². The first-order valence-corrected chi connectivity index (χ1v) is 8.21. The molecular formula is C21H27N. The molecule has 0 bridgehead atoms. The Bertz CT molecular complexity index is 644. The number of benzene rings is 2. The van der Waals surface area contributed by atoms with Gasteiger partial charge in [0.1, 0.15) is 0 Å². The Hall–Kier alpha value is -2.15. The molecular weight excluding hydrogens is 266 g/mol. The molecule has 0 unspecified atom stereocenters. The quantitative estimate of drug-likeness (QED) is 0.558. The normalized spacial score (nSPS) is 9.27. The van der Waals surface area contributed by atoms with Crippen LogP contribution in [0.5, 0.6) is 0 Å². The molecule has 0 saturated carbocycles. The van der Waals surface area contributed by atoms with Crippen molar-refractivity contribution in [3.63, 3.8) is 0 Å². The van der Waals surface area contributed by atoms with Crippen molar-refractivity contribution < 1.29 is 0 Å². The largest absolute Gasteiger partial charge is 0.256 e. The highest BCUT2D eigenvalue weighted by atomic mass is 14.6. The van der Waals surface area contributed by atoms with Gasteiger partial charge in [-0.1, -0.05) is 70.2 Å². The van der Waals surface area contributed by atoms with Crippen molar-refractivity contribution in [2.45, 2.75) is 40.5 Å². The van der Waals surface area contributed by atoms with Crippen LogP contribution in [-0.4, -0.2) is 4.98 Å². The molecule has 1 heterocycles. The first-order chi connectivity index (χ1) is 10.8. The second kappa shape index (κ2) is 10.6. The number of pyridine rings is 1. The lowest BCUT2D eigenvalue weighted by molar-refractivity contribution is 1.14. The highest BCUT2D eigenvalue weighted by molar-refractivity contribution is 5.78. The van der Waals surface area contributed by atoms with Gasteiger partial charge in [0.25, 0.3) is 0 Å². The van der Waals surface area contributed by atoms with E-state index in [1.165, 1.54) is 16.5 Å². The van der Waals surface area contributed by atoms with Gasteiger partial charge in [-0.05, 0) is 42.2 Å². The number of fused-ring (bicyclic) bond motifs is 1. The minimum Gasteiger partial charge on any atom is -0.256 e. The third kappa shape index (κ3) is 5.69. The lowest BCUT2D eigenvalue weighted by atomic mass is 10.1. The number of aromatic nitrogens is 1. The summed E-state index contributed by atoms with van der Waals surface area (Å²) in [6, 6.07) is 20.9. The van der Waals surface area contributed by atoms with Gasteiger partial charge in [-0.2, -0.15) is 0 Å². The van der Waals surface area contributed by atoms with Crippen LogP contribution in [0.25, 0.3) is 10.9 Å². The predicted molar refractivity (Wildman–Crippen MR) is 98.3 cm³/mol. The van der Waals surface area contributed by atoms with E-state index in [9.17, 15) is 0 Å². The molecule has 0 aliphatic heterocycles. The van der Waals surface area contributed by atoms with Crippen LogP contribution in [0.1, 0.15) is 38.8 Å². The monoisotopic (exact) mass is 293 g/mol. The summed E-state index contributed by atoms with van der Waals surface area (Å²) in [5.74, 6) is 0. The van der Waals surface area contributed by atoms with Crippen LogP contribution < -0.4 is 0 Å². The maximum absolute atomic E-state index is 4.26. The average Bonchev–Trinajstić information content (AvgIpc) is 2.64. The van der Waals surface area contributed by atoms with Crippen molar-refractivity contribution in [1.82, 2.24) is 4.98 Å². The molecule has 22 heavy (non-hydrogen) atoms. The van der Waals surface area contributed by atoms with Crippen LogP contribution in [0, 0.1) is 0 Å². The van der Waals surface area contributed by atoms with Crippen molar-refractivity contribution in [1.29, 1.82) is 0 Å². The van der Waals surface area contributed by atoms with Crippen LogP contribution in [0.2, 0.25) is 0 Å². The first-order valence-electron chi connectivity index (χ1n) is 8.21. The van der Waals surface area contributed by atoms with Crippen LogP contribution in [0.15, 0.2) is 66.9 Å². The fraction of sp³-hybridized carbons (Fsp3) is 0.286. The SMILES string of the molecule is CC.CCc1ccc2ncccc2c1.CCc1ccccc1. The Kier molecular flexibility index (Phi) is 8.59. The summed E-state index contributed by atoms with van der Waals surface area (Å²) >= 11 is 0. The summed E-state index contributed by atoms with van der Waals surface area (Å²) in [4.78, 5) is 4.26. The van der Waals surface area contributed by atoms with Gasteiger partial charge in [-0.3, -0.25) is 4.98 Å². The molecule has 3 rings (SSSR count). The van der Waals surface area contributed by atoms with E-state index in [1.807, 2.05) is 32.2 Å². The van der Waals surface area contributed by atoms with Crippen LogP contribution >= 0.6 is 0 Å². The van der Waals surface area contributed by atoms with E-state index in [0.717, 1.165) is 18.4 Å². The highest BCUT2D eigenvalue weighted by Crippen LogP contribution is 2.13. The summed E-state index contributed by atoms with van der Waals surface area (Å²) in [7, 11) is 0. The molecule has 1 nitrogen and oxygen atoms in total. The summed E-state index contributed by atoms with van der Waals surface area (Å²) < 4.78 is 0. The predicted octanol–water partition coefficient (Wildman–Crippen LogP) is 6.07. The Balaban J connectivity index is 0.000000211. The van der Waals surface area contributed by atoms with E-state index in [0.29, 0.717) is 0 Å². The smallest absolute Gasteiger partial charge is 0.0702 e. The van der Waals surface area contributed by atoms with E-state index < -0.39 is 0 Å². The molecule has 0 spiro atoms. The summed E-state index contributed by atoms with van der Waals surface area (Å²) in [5, 5.41) is 1.23. The number of nitrogens with zero attached hydrogens (tertiary/aromatic N) is 1. The molecule has 3 aromatic rings. The first kappa shape index (κ1) is 17.9. The molecule has 0 aliphatic rings. The van der Waals surface area contributed by atoms with Crippen LogP contribution in [-0.2, 0) is 12.8 Å². The molecule has 0 aliphatic carbocycles. The second-order valence-corrected chi connectivity index (χ2v) is 4.72. The van der Waals surface area contributed by atoms with Gasteiger partial charge in [0, 0.05) is 11.6 Å². The summed E-state index contributed by atoms with van der Waals surface area (Å²) in [6.07, 6.45) is 4.06. The molecule has 1 heteroatoms.